The summed E-state index contributed by atoms with van der Waals surface area (Å²) in [7, 11) is 0. The monoisotopic (exact) mass is 332 g/mol. The molecule has 2 heterocycles. The van der Waals surface area contributed by atoms with Crippen molar-refractivity contribution in [2.45, 2.75) is 38.6 Å². The number of likely N-dealkylation sites (tertiary alicyclic amines) is 2. The minimum atomic E-state index is -0.289. The van der Waals surface area contributed by atoms with Crippen molar-refractivity contribution in [3.63, 3.8) is 0 Å². The van der Waals surface area contributed by atoms with Crippen molar-refractivity contribution in [3.8, 4) is 0 Å². The van der Waals surface area contributed by atoms with Gasteiger partial charge >= 0.3 is 0 Å². The van der Waals surface area contributed by atoms with Crippen molar-refractivity contribution in [2.24, 2.45) is 23.3 Å². The maximum absolute atomic E-state index is 12.4. The van der Waals surface area contributed by atoms with Gasteiger partial charge in [-0.2, -0.15) is 0 Å². The summed E-state index contributed by atoms with van der Waals surface area (Å²) in [6, 6.07) is 0.178. The van der Waals surface area contributed by atoms with Gasteiger partial charge < -0.3 is 16.4 Å². The van der Waals surface area contributed by atoms with Crippen molar-refractivity contribution >= 4 is 24.2 Å². The molecule has 0 aliphatic carbocycles. The third-order valence-electron chi connectivity index (χ3n) is 4.82. The lowest BCUT2D eigenvalue weighted by molar-refractivity contribution is -0.136. The van der Waals surface area contributed by atoms with E-state index >= 15 is 0 Å². The molecule has 0 spiro atoms. The van der Waals surface area contributed by atoms with Crippen LogP contribution in [-0.4, -0.2) is 60.4 Å². The summed E-state index contributed by atoms with van der Waals surface area (Å²) in [5, 5.41) is 0. The number of piperidine rings is 2. The van der Waals surface area contributed by atoms with Gasteiger partial charge in [0, 0.05) is 25.7 Å². The molecule has 7 heteroatoms. The van der Waals surface area contributed by atoms with Crippen LogP contribution in [0.25, 0.3) is 0 Å². The number of halogens is 1. The maximum atomic E-state index is 12.4. The van der Waals surface area contributed by atoms with Crippen LogP contribution in [0, 0.1) is 11.8 Å². The molecule has 2 fully saturated rings. The molecule has 0 aromatic rings. The van der Waals surface area contributed by atoms with Crippen molar-refractivity contribution in [3.05, 3.63) is 0 Å². The van der Waals surface area contributed by atoms with Crippen LogP contribution in [0.2, 0.25) is 0 Å². The minimum Gasteiger partial charge on any atom is -0.369 e. The maximum Gasteiger partial charge on any atom is 0.236 e. The molecule has 0 aromatic heterocycles. The second kappa shape index (κ2) is 8.70. The van der Waals surface area contributed by atoms with Crippen LogP contribution in [0.3, 0.4) is 0 Å². The molecule has 0 aromatic carbocycles. The quantitative estimate of drug-likeness (QED) is 0.768. The minimum absolute atomic E-state index is 0. The number of nitrogens with zero attached hydrogens (tertiary/aromatic N) is 2. The SMILES string of the molecule is CC(N)C1CCCN(CC(=O)N2CCCC(C(N)=O)C2)C1.Cl. The summed E-state index contributed by atoms with van der Waals surface area (Å²) < 4.78 is 0. The van der Waals surface area contributed by atoms with Gasteiger partial charge in [-0.3, -0.25) is 14.5 Å². The third kappa shape index (κ3) is 5.11. The van der Waals surface area contributed by atoms with Crippen LogP contribution in [0.5, 0.6) is 0 Å². The summed E-state index contributed by atoms with van der Waals surface area (Å²) in [6.45, 7) is 5.57. The highest BCUT2D eigenvalue weighted by atomic mass is 35.5. The van der Waals surface area contributed by atoms with Gasteiger partial charge in [-0.15, -0.1) is 12.4 Å². The zero-order valence-corrected chi connectivity index (χ0v) is 14.2. The Balaban J connectivity index is 0.00000242. The fourth-order valence-electron chi connectivity index (χ4n) is 3.39. The first-order valence-electron chi connectivity index (χ1n) is 8.02. The Labute approximate surface area is 139 Å². The van der Waals surface area contributed by atoms with E-state index in [2.05, 4.69) is 4.90 Å². The largest absolute Gasteiger partial charge is 0.369 e. The third-order valence-corrected chi connectivity index (χ3v) is 4.82. The van der Waals surface area contributed by atoms with Gasteiger partial charge in [-0.25, -0.2) is 0 Å². The molecule has 6 nitrogen and oxygen atoms in total. The lowest BCUT2D eigenvalue weighted by Crippen LogP contribution is -2.50. The topological polar surface area (TPSA) is 92.7 Å². The number of hydrogen-bond donors (Lipinski definition) is 2. The molecule has 22 heavy (non-hydrogen) atoms. The highest BCUT2D eigenvalue weighted by Crippen LogP contribution is 2.20. The predicted octanol–water partition coefficient (Wildman–Crippen LogP) is 0.191. The van der Waals surface area contributed by atoms with Crippen molar-refractivity contribution in [2.75, 3.05) is 32.7 Å². The Bertz CT molecular complexity index is 392. The Morgan fingerprint density at radius 1 is 1.18 bits per heavy atom. The molecular formula is C15H29ClN4O2. The van der Waals surface area contributed by atoms with E-state index in [0.29, 0.717) is 19.0 Å². The normalized spacial score (nSPS) is 27.8. The molecule has 2 amide bonds. The number of carbonyl (C=O) groups excluding carboxylic acids is 2. The molecule has 0 radical (unpaired) electrons. The van der Waals surface area contributed by atoms with Crippen molar-refractivity contribution in [1.29, 1.82) is 0 Å². The number of hydrogen-bond acceptors (Lipinski definition) is 4. The van der Waals surface area contributed by atoms with Crippen molar-refractivity contribution in [1.82, 2.24) is 9.80 Å². The van der Waals surface area contributed by atoms with E-state index < -0.39 is 0 Å². The first-order valence-corrected chi connectivity index (χ1v) is 8.02. The second-order valence-corrected chi connectivity index (χ2v) is 6.58. The first kappa shape index (κ1) is 19.2. The van der Waals surface area contributed by atoms with E-state index in [1.165, 1.54) is 0 Å². The highest BCUT2D eigenvalue weighted by Gasteiger charge is 2.29. The smallest absolute Gasteiger partial charge is 0.236 e. The van der Waals surface area contributed by atoms with Crippen LogP contribution in [0.4, 0.5) is 0 Å². The Hall–Kier alpha value is -0.850. The van der Waals surface area contributed by atoms with E-state index in [9.17, 15) is 9.59 Å². The summed E-state index contributed by atoms with van der Waals surface area (Å²) >= 11 is 0. The summed E-state index contributed by atoms with van der Waals surface area (Å²) in [5.41, 5.74) is 11.3. The molecule has 2 saturated heterocycles. The van der Waals surface area contributed by atoms with Gasteiger partial charge in [0.1, 0.15) is 0 Å². The molecule has 0 bridgehead atoms. The Kier molecular flexibility index (Phi) is 7.59. The molecule has 3 unspecified atom stereocenters. The lowest BCUT2D eigenvalue weighted by Gasteiger charge is -2.37. The summed E-state index contributed by atoms with van der Waals surface area (Å²) in [6.07, 6.45) is 3.91. The van der Waals surface area contributed by atoms with Crippen LogP contribution >= 0.6 is 12.4 Å². The lowest BCUT2D eigenvalue weighted by atomic mass is 9.92. The summed E-state index contributed by atoms with van der Waals surface area (Å²) in [5.74, 6) is 0.126. The number of amides is 2. The molecule has 0 saturated carbocycles. The molecule has 128 valence electrons. The molecule has 2 aliphatic rings. The van der Waals surface area contributed by atoms with Gasteiger partial charge in [-0.1, -0.05) is 0 Å². The van der Waals surface area contributed by atoms with Crippen LogP contribution in [-0.2, 0) is 9.59 Å². The van der Waals surface area contributed by atoms with E-state index in [0.717, 1.165) is 45.3 Å². The van der Waals surface area contributed by atoms with Gasteiger partial charge in [0.05, 0.1) is 12.5 Å². The van der Waals surface area contributed by atoms with Gasteiger partial charge in [0.2, 0.25) is 11.8 Å². The predicted molar refractivity (Wildman–Crippen MR) is 88.6 cm³/mol. The fourth-order valence-corrected chi connectivity index (χ4v) is 3.39. The zero-order chi connectivity index (χ0) is 15.4. The summed E-state index contributed by atoms with van der Waals surface area (Å²) in [4.78, 5) is 27.7. The standard InChI is InChI=1S/C15H28N4O2.ClH/c1-11(16)12-4-2-6-18(8-12)10-14(20)19-7-3-5-13(9-19)15(17)21;/h11-13H,2-10,16H2,1H3,(H2,17,21);1H. The molecule has 4 N–H and O–H groups in total. The van der Waals surface area contributed by atoms with Gasteiger partial charge in [0.15, 0.2) is 0 Å². The number of rotatable bonds is 4. The van der Waals surface area contributed by atoms with E-state index in [4.69, 9.17) is 11.5 Å². The molecule has 3 atom stereocenters. The van der Waals surface area contributed by atoms with Crippen LogP contribution in [0.15, 0.2) is 0 Å². The zero-order valence-electron chi connectivity index (χ0n) is 13.4. The second-order valence-electron chi connectivity index (χ2n) is 6.58. The first-order chi connectivity index (χ1) is 9.97. The molecular weight excluding hydrogens is 304 g/mol. The average molecular weight is 333 g/mol. The average Bonchev–Trinajstić information content (AvgIpc) is 2.47. The van der Waals surface area contributed by atoms with E-state index in [-0.39, 0.29) is 36.2 Å². The van der Waals surface area contributed by atoms with Gasteiger partial charge in [-0.05, 0) is 45.1 Å². The van der Waals surface area contributed by atoms with E-state index in [1.807, 2.05) is 6.92 Å². The number of primary amides is 1. The van der Waals surface area contributed by atoms with Crippen LogP contribution < -0.4 is 11.5 Å². The number of carbonyl (C=O) groups is 2. The Morgan fingerprint density at radius 2 is 1.86 bits per heavy atom. The van der Waals surface area contributed by atoms with E-state index in [1.54, 1.807) is 4.90 Å². The molecule has 2 rings (SSSR count). The fraction of sp³-hybridized carbons (Fsp3) is 0.867. The number of nitrogens with two attached hydrogens (primary N) is 2. The van der Waals surface area contributed by atoms with Crippen LogP contribution in [0.1, 0.15) is 32.6 Å². The highest BCUT2D eigenvalue weighted by molar-refractivity contribution is 5.85. The van der Waals surface area contributed by atoms with Crippen molar-refractivity contribution < 1.29 is 9.59 Å². The Morgan fingerprint density at radius 3 is 2.50 bits per heavy atom. The van der Waals surface area contributed by atoms with Gasteiger partial charge in [0.25, 0.3) is 0 Å². The molecule has 2 aliphatic heterocycles.